The largest absolute Gasteiger partial charge is 0.349 e. The van der Waals surface area contributed by atoms with Crippen molar-refractivity contribution in [1.29, 1.82) is 0 Å². The molecule has 3 heteroatoms. The molecule has 0 N–H and O–H groups in total. The second-order valence-electron chi connectivity index (χ2n) is 7.32. The number of nitrogens with zero attached hydrogens (tertiary/aromatic N) is 3. The van der Waals surface area contributed by atoms with Crippen molar-refractivity contribution in [3.8, 4) is 0 Å². The van der Waals surface area contributed by atoms with Crippen LogP contribution in [0.5, 0.6) is 0 Å². The quantitative estimate of drug-likeness (QED) is 0.298. The lowest BCUT2D eigenvalue weighted by Crippen LogP contribution is -2.39. The third kappa shape index (κ3) is 9.32. The maximum absolute atomic E-state index is 5.17. The first-order chi connectivity index (χ1) is 10.4. The molecule has 0 heterocycles. The first-order valence-electron chi connectivity index (χ1n) is 9.30. The fourth-order valence-corrected chi connectivity index (χ4v) is 2.94. The lowest BCUT2D eigenvalue weighted by Gasteiger charge is -2.31. The van der Waals surface area contributed by atoms with Crippen LogP contribution in [0.4, 0.5) is 0 Å². The average molecular weight is 312 g/mol. The Kier molecular flexibility index (Phi) is 11.4. The molecule has 1 atom stereocenters. The Balaban J connectivity index is 4.79. The first-order valence-corrected chi connectivity index (χ1v) is 9.30. The van der Waals surface area contributed by atoms with Crippen LogP contribution < -0.4 is 0 Å². The second-order valence-corrected chi connectivity index (χ2v) is 7.32. The zero-order valence-corrected chi connectivity index (χ0v) is 16.4. The third-order valence-corrected chi connectivity index (χ3v) is 4.31. The Hall–Kier alpha value is -0.730. The van der Waals surface area contributed by atoms with Crippen LogP contribution in [-0.4, -0.2) is 49.5 Å². The zero-order chi connectivity index (χ0) is 17.0. The van der Waals surface area contributed by atoms with Gasteiger partial charge in [0.1, 0.15) is 0 Å². The van der Waals surface area contributed by atoms with Crippen LogP contribution in [0, 0.1) is 0 Å². The third-order valence-electron chi connectivity index (χ3n) is 4.31. The van der Waals surface area contributed by atoms with Crippen LogP contribution in [0.2, 0.25) is 0 Å². The smallest absolute Gasteiger partial charge is 0.196 e. The van der Waals surface area contributed by atoms with Gasteiger partial charge >= 0.3 is 0 Å². The average Bonchev–Trinajstić information content (AvgIpc) is 2.44. The highest BCUT2D eigenvalue weighted by Crippen LogP contribution is 2.27. The van der Waals surface area contributed by atoms with Crippen LogP contribution in [0.3, 0.4) is 0 Å². The normalized spacial score (nSPS) is 13.6. The summed E-state index contributed by atoms with van der Waals surface area (Å²) < 4.78 is 0. The van der Waals surface area contributed by atoms with Gasteiger partial charge in [0.2, 0.25) is 0 Å². The van der Waals surface area contributed by atoms with Gasteiger partial charge < -0.3 is 9.80 Å². The van der Waals surface area contributed by atoms with Gasteiger partial charge in [0, 0.05) is 28.2 Å². The van der Waals surface area contributed by atoms with E-state index in [2.05, 4.69) is 58.8 Å². The maximum atomic E-state index is 5.17. The van der Waals surface area contributed by atoms with Gasteiger partial charge in [-0.2, -0.15) is 0 Å². The van der Waals surface area contributed by atoms with Crippen molar-refractivity contribution < 1.29 is 0 Å². The highest BCUT2D eigenvalue weighted by Gasteiger charge is 2.24. The maximum Gasteiger partial charge on any atom is 0.196 e. The molecule has 0 aromatic carbocycles. The molecule has 0 amide bonds. The van der Waals surface area contributed by atoms with Gasteiger partial charge in [-0.15, -0.1) is 0 Å². The predicted molar refractivity (Wildman–Crippen MR) is 101 cm³/mol. The summed E-state index contributed by atoms with van der Waals surface area (Å²) >= 11 is 0. The van der Waals surface area contributed by atoms with E-state index in [1.165, 1.54) is 64.2 Å². The van der Waals surface area contributed by atoms with Crippen molar-refractivity contribution in [3.05, 3.63) is 0 Å². The Morgan fingerprint density at radius 1 is 0.727 bits per heavy atom. The minimum atomic E-state index is 0.0885. The fraction of sp³-hybridized carbons (Fsp3) is 0.947. The summed E-state index contributed by atoms with van der Waals surface area (Å²) in [5, 5.41) is 0. The number of unbranched alkanes of at least 4 members (excludes halogenated alkanes) is 6. The van der Waals surface area contributed by atoms with Crippen LogP contribution in [0.15, 0.2) is 4.99 Å². The van der Waals surface area contributed by atoms with Crippen molar-refractivity contribution in [2.75, 3.05) is 28.2 Å². The topological polar surface area (TPSA) is 18.8 Å². The number of guanidine groups is 1. The van der Waals surface area contributed by atoms with Gasteiger partial charge in [0.05, 0.1) is 5.54 Å². The second kappa shape index (κ2) is 11.8. The first kappa shape index (κ1) is 21.3. The number of hydrogen-bond acceptors (Lipinski definition) is 1. The lowest BCUT2D eigenvalue weighted by molar-refractivity contribution is 0.353. The molecule has 3 nitrogen and oxygen atoms in total. The summed E-state index contributed by atoms with van der Waals surface area (Å²) in [4.78, 5) is 9.43. The monoisotopic (exact) mass is 311 g/mol. The van der Waals surface area contributed by atoms with E-state index in [4.69, 9.17) is 4.99 Å². The van der Waals surface area contributed by atoms with Gasteiger partial charge in [0.25, 0.3) is 0 Å². The Labute approximate surface area is 140 Å². The van der Waals surface area contributed by atoms with E-state index in [1.54, 1.807) is 0 Å². The van der Waals surface area contributed by atoms with Gasteiger partial charge in [-0.1, -0.05) is 65.2 Å². The standard InChI is InChI=1S/C19H41N3/c1-8-10-12-13-15-17-19(3,16-14-11-9-2)20-18(21(4)5)22(6)7/h8-17H2,1-7H3. The molecule has 0 saturated carbocycles. The summed E-state index contributed by atoms with van der Waals surface area (Å²) in [5.74, 6) is 1.09. The number of rotatable bonds is 11. The summed E-state index contributed by atoms with van der Waals surface area (Å²) in [6.45, 7) is 6.91. The molecule has 0 bridgehead atoms. The molecule has 0 radical (unpaired) electrons. The SMILES string of the molecule is CCCCCCCC(C)(CCCCC)N=C(N(C)C)N(C)C. The van der Waals surface area contributed by atoms with Crippen LogP contribution in [0.25, 0.3) is 0 Å². The van der Waals surface area contributed by atoms with Gasteiger partial charge in [-0.25, -0.2) is 4.99 Å². The number of hydrogen-bond donors (Lipinski definition) is 0. The minimum Gasteiger partial charge on any atom is -0.349 e. The molecular formula is C19H41N3. The highest BCUT2D eigenvalue weighted by atomic mass is 15.3. The van der Waals surface area contributed by atoms with Crippen molar-refractivity contribution in [2.24, 2.45) is 4.99 Å². The summed E-state index contributed by atoms with van der Waals surface area (Å²) in [6, 6.07) is 0. The van der Waals surface area contributed by atoms with E-state index in [0.29, 0.717) is 0 Å². The molecule has 1 unspecified atom stereocenters. The minimum absolute atomic E-state index is 0.0885. The van der Waals surface area contributed by atoms with E-state index >= 15 is 0 Å². The molecule has 22 heavy (non-hydrogen) atoms. The van der Waals surface area contributed by atoms with Crippen LogP contribution in [-0.2, 0) is 0 Å². The van der Waals surface area contributed by atoms with Crippen LogP contribution in [0.1, 0.15) is 85.0 Å². The van der Waals surface area contributed by atoms with Crippen molar-refractivity contribution in [1.82, 2.24) is 9.80 Å². The Morgan fingerprint density at radius 2 is 1.14 bits per heavy atom. The van der Waals surface area contributed by atoms with E-state index < -0.39 is 0 Å². The van der Waals surface area contributed by atoms with E-state index in [0.717, 1.165) is 5.96 Å². The Morgan fingerprint density at radius 3 is 1.59 bits per heavy atom. The molecule has 0 aliphatic carbocycles. The van der Waals surface area contributed by atoms with Gasteiger partial charge in [0.15, 0.2) is 5.96 Å². The molecule has 0 aromatic heterocycles. The summed E-state index contributed by atoms with van der Waals surface area (Å²) in [6.07, 6.45) is 13.0. The molecule has 0 saturated heterocycles. The van der Waals surface area contributed by atoms with Gasteiger partial charge in [-0.3, -0.25) is 0 Å². The van der Waals surface area contributed by atoms with Crippen molar-refractivity contribution in [2.45, 2.75) is 90.5 Å². The number of aliphatic imine (C=N–C) groups is 1. The van der Waals surface area contributed by atoms with Crippen molar-refractivity contribution >= 4 is 5.96 Å². The Bertz CT molecular complexity index is 287. The summed E-state index contributed by atoms with van der Waals surface area (Å²) in [5.41, 5.74) is 0.0885. The van der Waals surface area contributed by atoms with E-state index in [1.807, 2.05) is 0 Å². The molecule has 0 fully saturated rings. The van der Waals surface area contributed by atoms with Crippen molar-refractivity contribution in [3.63, 3.8) is 0 Å². The van der Waals surface area contributed by atoms with E-state index in [-0.39, 0.29) is 5.54 Å². The fourth-order valence-electron chi connectivity index (χ4n) is 2.94. The van der Waals surface area contributed by atoms with Gasteiger partial charge in [-0.05, 0) is 19.8 Å². The lowest BCUT2D eigenvalue weighted by atomic mass is 9.89. The van der Waals surface area contributed by atoms with Crippen LogP contribution >= 0.6 is 0 Å². The summed E-state index contributed by atoms with van der Waals surface area (Å²) in [7, 11) is 8.36. The zero-order valence-electron chi connectivity index (χ0n) is 16.4. The predicted octanol–water partition coefficient (Wildman–Crippen LogP) is 5.17. The highest BCUT2D eigenvalue weighted by molar-refractivity contribution is 5.79. The molecule has 0 rings (SSSR count). The molecule has 132 valence electrons. The molecule has 0 aliphatic rings. The molecule has 0 aromatic rings. The molecule has 0 spiro atoms. The molecular weight excluding hydrogens is 270 g/mol. The van der Waals surface area contributed by atoms with E-state index in [9.17, 15) is 0 Å². The molecule has 0 aliphatic heterocycles.